The number of nitrogens with one attached hydrogen (secondary N) is 3. The van der Waals surface area contributed by atoms with Crippen molar-refractivity contribution in [1.29, 1.82) is 0 Å². The van der Waals surface area contributed by atoms with Crippen molar-refractivity contribution in [3.05, 3.63) is 135 Å². The molecule has 0 saturated heterocycles. The number of aromatic carboxylic acids is 1. The standard InChI is InChI=1S/C40H27N7O15S3.4Na/c1-47-27-14-13-24(31-32(27)30(20-9-2-3-10-21(20)35(31)49)33(36(47)50)34(48)18-7-6-8-19(15-18)60-64(55)56)41-25-16-26(29(65(57,58)59)17-28(25)63-62-61-54)43-39-44-38(45-40(53)46-39)42-23-12-5-4-11-22(23)37(51)52;;;;/h2-17,41,54H,1H3,(H,51,52)(H,55,56)(H,57,58,59)(H3,42,43,44,45,46,53);;;;/q;4*+1/p-4. The molecule has 0 radical (unpaired) electrons. The van der Waals surface area contributed by atoms with Crippen molar-refractivity contribution in [3.63, 3.8) is 0 Å². The summed E-state index contributed by atoms with van der Waals surface area (Å²) < 4.78 is 71.1. The van der Waals surface area contributed by atoms with E-state index in [0.717, 1.165) is 22.8 Å². The second-order valence-electron chi connectivity index (χ2n) is 13.5. The molecule has 0 bridgehead atoms. The Kier molecular flexibility index (Phi) is 20.3. The second-order valence-corrected chi connectivity index (χ2v) is 16.2. The molecule has 2 heterocycles. The van der Waals surface area contributed by atoms with Crippen molar-refractivity contribution in [3.8, 4) is 22.9 Å². The summed E-state index contributed by atoms with van der Waals surface area (Å²) in [6, 6.07) is 20.4. The van der Waals surface area contributed by atoms with E-state index in [-0.39, 0.29) is 208 Å². The van der Waals surface area contributed by atoms with Crippen LogP contribution in [0, 0.1) is 0 Å². The maximum Gasteiger partial charge on any atom is 1.00 e. The number of carbonyl (C=O) groups excluding carboxylic acids is 3. The molecule has 0 saturated carbocycles. The van der Waals surface area contributed by atoms with Crippen LogP contribution in [-0.4, -0.2) is 63.9 Å². The molecule has 1 unspecified atom stereocenters. The molecule has 0 aliphatic heterocycles. The first-order valence-corrected chi connectivity index (χ1v) is 21.3. The van der Waals surface area contributed by atoms with Gasteiger partial charge in [-0.1, -0.05) is 54.6 Å². The zero-order valence-corrected chi connectivity index (χ0v) is 46.9. The Morgan fingerprint density at radius 1 is 0.783 bits per heavy atom. The smallest absolute Gasteiger partial charge is 0.744 e. The zero-order valence-electron chi connectivity index (χ0n) is 36.4. The first-order valence-electron chi connectivity index (χ1n) is 18.1. The van der Waals surface area contributed by atoms with E-state index in [1.54, 1.807) is 18.2 Å². The summed E-state index contributed by atoms with van der Waals surface area (Å²) in [7, 11) is -4.04. The zero-order chi connectivity index (χ0) is 46.3. The summed E-state index contributed by atoms with van der Waals surface area (Å²) in [4.78, 5) is 65.1. The monoisotopic (exact) mass is 1030 g/mol. The van der Waals surface area contributed by atoms with Gasteiger partial charge in [0.25, 0.3) is 5.56 Å². The number of pyridine rings is 1. The average molecular weight is 1030 g/mol. The fourth-order valence-corrected chi connectivity index (χ4v) is 8.56. The maximum atomic E-state index is 14.6. The third kappa shape index (κ3) is 12.2. The number of carbonyl (C=O) groups is 3. The molecule has 4 N–H and O–H groups in total. The van der Waals surface area contributed by atoms with Gasteiger partial charge in [0.15, 0.2) is 11.6 Å². The number of aromatic nitrogens is 4. The summed E-state index contributed by atoms with van der Waals surface area (Å²) in [6.45, 7) is 0. The van der Waals surface area contributed by atoms with Crippen molar-refractivity contribution in [2.75, 3.05) is 16.0 Å². The minimum absolute atomic E-state index is 0. The van der Waals surface area contributed by atoms with E-state index in [1.165, 1.54) is 67.7 Å². The van der Waals surface area contributed by atoms with Gasteiger partial charge in [0.1, 0.15) is 27.2 Å². The number of nitrogens with zero attached hydrogens (tertiary/aromatic N) is 4. The second kappa shape index (κ2) is 24.2. The van der Waals surface area contributed by atoms with Crippen LogP contribution in [0.3, 0.4) is 0 Å². The van der Waals surface area contributed by atoms with E-state index in [1.807, 2.05) is 0 Å². The number of carboxylic acid groups (broad SMARTS) is 1. The summed E-state index contributed by atoms with van der Waals surface area (Å²) in [5.74, 6) is -4.24. The molecule has 29 heteroatoms. The van der Waals surface area contributed by atoms with Gasteiger partial charge in [-0.3, -0.25) is 19.4 Å². The fraction of sp³-hybridized carbons (Fsp3) is 0.0250. The number of anilines is 6. The van der Waals surface area contributed by atoms with Crippen LogP contribution >= 0.6 is 12.0 Å². The van der Waals surface area contributed by atoms with Gasteiger partial charge in [0, 0.05) is 40.4 Å². The largest absolute Gasteiger partial charge is 1.00 e. The number of benzene rings is 5. The van der Waals surface area contributed by atoms with Crippen molar-refractivity contribution >= 4 is 96.6 Å². The minimum atomic E-state index is -5.41. The first-order chi connectivity index (χ1) is 31.0. The molecule has 1 aliphatic carbocycles. The Labute approximate surface area is 484 Å². The van der Waals surface area contributed by atoms with E-state index in [2.05, 4.69) is 40.3 Å². The predicted molar refractivity (Wildman–Crippen MR) is 222 cm³/mol. The molecule has 330 valence electrons. The Bertz CT molecular complexity index is 3390. The average Bonchev–Trinajstić information content (AvgIpc) is 3.26. The van der Waals surface area contributed by atoms with E-state index >= 15 is 0 Å². The summed E-state index contributed by atoms with van der Waals surface area (Å²) in [5, 5.41) is 44.8. The molecular weight excluding hydrogens is 1010 g/mol. The van der Waals surface area contributed by atoms with Gasteiger partial charge in [-0.25, -0.2) is 12.6 Å². The van der Waals surface area contributed by atoms with Crippen LogP contribution in [0.5, 0.6) is 11.8 Å². The Hall–Kier alpha value is -3.62. The summed E-state index contributed by atoms with van der Waals surface area (Å²) in [6.07, 6.45) is 0. The van der Waals surface area contributed by atoms with Crippen molar-refractivity contribution in [2.45, 2.75) is 9.79 Å². The Morgan fingerprint density at radius 3 is 2.09 bits per heavy atom. The van der Waals surface area contributed by atoms with E-state index in [4.69, 9.17) is 4.18 Å². The molecule has 1 aliphatic rings. The van der Waals surface area contributed by atoms with E-state index < -0.39 is 73.1 Å². The number of aromatic hydroxyl groups is 1. The number of hydrogen-bond acceptors (Lipinski definition) is 22. The number of aryl methyl sites for hydroxylation is 1. The quantitative estimate of drug-likeness (QED) is 0.0141. The molecule has 5 aromatic carbocycles. The van der Waals surface area contributed by atoms with Gasteiger partial charge in [-0.15, -0.1) is 0 Å². The predicted octanol–water partition coefficient (Wildman–Crippen LogP) is -9.21. The van der Waals surface area contributed by atoms with Crippen LogP contribution in [0.1, 0.15) is 42.2 Å². The summed E-state index contributed by atoms with van der Waals surface area (Å²) in [5.41, 5.74) is -1.95. The van der Waals surface area contributed by atoms with Crippen LogP contribution in [-0.2, 0) is 37.9 Å². The number of rotatable bonds is 15. The number of para-hydroxylation sites is 1. The number of ketones is 2. The van der Waals surface area contributed by atoms with Crippen LogP contribution in [0.4, 0.5) is 34.6 Å². The van der Waals surface area contributed by atoms with Gasteiger partial charge in [-0.05, 0) is 48.0 Å². The van der Waals surface area contributed by atoms with Crippen LogP contribution in [0.25, 0.3) is 22.0 Å². The van der Waals surface area contributed by atoms with Crippen molar-refractivity contribution < 1.29 is 183 Å². The molecule has 7 aromatic rings. The van der Waals surface area contributed by atoms with Gasteiger partial charge >= 0.3 is 124 Å². The molecular formula is C40H23N7Na4O15S3. The molecule has 8 rings (SSSR count). The Balaban J connectivity index is 0.00000259. The number of fused-ring (bicyclic) bond motifs is 2. The maximum absolute atomic E-state index is 14.6. The molecule has 69 heavy (non-hydrogen) atoms. The molecule has 1 atom stereocenters. The molecule has 0 spiro atoms. The fourth-order valence-electron chi connectivity index (χ4n) is 7.11. The number of carboxylic acids is 1. The molecule has 0 amide bonds. The van der Waals surface area contributed by atoms with Gasteiger partial charge in [0.05, 0.1) is 61.5 Å². The van der Waals surface area contributed by atoms with Crippen LogP contribution in [0.2, 0.25) is 0 Å². The normalized spacial score (nSPS) is 11.6. The first kappa shape index (κ1) is 58.0. The molecule has 22 nitrogen and oxygen atoms in total. The molecule has 0 fully saturated rings. The van der Waals surface area contributed by atoms with Gasteiger partial charge in [0.2, 0.25) is 11.9 Å². The third-order valence-corrected chi connectivity index (χ3v) is 11.6. The van der Waals surface area contributed by atoms with E-state index in [0.29, 0.717) is 0 Å². The Morgan fingerprint density at radius 2 is 1.43 bits per heavy atom. The third-order valence-electron chi connectivity index (χ3n) is 9.75. The summed E-state index contributed by atoms with van der Waals surface area (Å²) >= 11 is -2.83. The minimum Gasteiger partial charge on any atom is -0.744 e. The SMILES string of the molecule is Cn1c(=O)c(C(=O)c2cccc(OS(=O)[O-])c2)c2c3c(c(Nc4cc(Nc5nc(O)nc(Nc6ccccc6C(=O)[O-])n5)c(S(=O)(=O)[O-])cc4SOO[O-])ccc31)C(=O)c1ccccc1-2.[Na+].[Na+].[Na+].[Na+]. The topological polar surface area (TPSA) is 339 Å². The van der Waals surface area contributed by atoms with Gasteiger partial charge in [-0.2, -0.15) is 19.3 Å². The molecule has 2 aromatic heterocycles. The van der Waals surface area contributed by atoms with Crippen LogP contribution in [0.15, 0.2) is 112 Å². The van der Waals surface area contributed by atoms with Crippen molar-refractivity contribution in [2.24, 2.45) is 7.05 Å². The van der Waals surface area contributed by atoms with E-state index in [9.17, 15) is 56.4 Å². The van der Waals surface area contributed by atoms with Crippen molar-refractivity contribution in [1.82, 2.24) is 19.5 Å². The van der Waals surface area contributed by atoms with Gasteiger partial charge < -0.3 is 54.1 Å². The number of hydrogen-bond donors (Lipinski definition) is 4. The van der Waals surface area contributed by atoms with Crippen LogP contribution < -0.4 is 154 Å².